The Labute approximate surface area is 124 Å². The summed E-state index contributed by atoms with van der Waals surface area (Å²) in [5.41, 5.74) is 0.820. The molecule has 0 atom stereocenters. The lowest BCUT2D eigenvalue weighted by molar-refractivity contribution is 0.413. The molecule has 1 N–H and O–H groups in total. The SMILES string of the molecule is CCCNCCc1ncc(-c2cc(Cl)ccc2OC)o1. The summed E-state index contributed by atoms with van der Waals surface area (Å²) in [5.74, 6) is 2.11. The van der Waals surface area contributed by atoms with Crippen LogP contribution in [0.4, 0.5) is 0 Å². The van der Waals surface area contributed by atoms with Crippen LogP contribution in [0.1, 0.15) is 19.2 Å². The lowest BCUT2D eigenvalue weighted by atomic mass is 10.1. The average molecular weight is 295 g/mol. The Morgan fingerprint density at radius 3 is 2.95 bits per heavy atom. The van der Waals surface area contributed by atoms with Crippen molar-refractivity contribution < 1.29 is 9.15 Å². The highest BCUT2D eigenvalue weighted by Crippen LogP contribution is 2.32. The molecule has 0 amide bonds. The molecule has 0 aliphatic carbocycles. The van der Waals surface area contributed by atoms with Gasteiger partial charge in [0.1, 0.15) is 5.75 Å². The highest BCUT2D eigenvalue weighted by Gasteiger charge is 2.12. The van der Waals surface area contributed by atoms with Gasteiger partial charge in [0, 0.05) is 18.0 Å². The molecule has 5 heteroatoms. The molecular formula is C15H19ClN2O2. The predicted octanol–water partition coefficient (Wildman–Crippen LogP) is 3.55. The Bertz CT molecular complexity index is 555. The Morgan fingerprint density at radius 1 is 1.35 bits per heavy atom. The topological polar surface area (TPSA) is 47.3 Å². The van der Waals surface area contributed by atoms with Gasteiger partial charge in [-0.2, -0.15) is 0 Å². The van der Waals surface area contributed by atoms with Crippen molar-refractivity contribution in [1.29, 1.82) is 0 Å². The van der Waals surface area contributed by atoms with Crippen molar-refractivity contribution in [1.82, 2.24) is 10.3 Å². The fourth-order valence-corrected chi connectivity index (χ4v) is 2.09. The molecular weight excluding hydrogens is 276 g/mol. The van der Waals surface area contributed by atoms with Gasteiger partial charge >= 0.3 is 0 Å². The van der Waals surface area contributed by atoms with Gasteiger partial charge in [-0.3, -0.25) is 0 Å². The summed E-state index contributed by atoms with van der Waals surface area (Å²) in [6.45, 7) is 4.01. The first-order valence-electron chi connectivity index (χ1n) is 6.74. The lowest BCUT2D eigenvalue weighted by Gasteiger charge is -2.05. The fourth-order valence-electron chi connectivity index (χ4n) is 1.92. The molecule has 0 fully saturated rings. The molecule has 20 heavy (non-hydrogen) atoms. The zero-order valence-electron chi connectivity index (χ0n) is 11.8. The van der Waals surface area contributed by atoms with Gasteiger partial charge in [-0.25, -0.2) is 4.98 Å². The second-order valence-corrected chi connectivity index (χ2v) is 4.90. The van der Waals surface area contributed by atoms with E-state index in [0.29, 0.717) is 16.7 Å². The molecule has 0 aliphatic heterocycles. The number of benzene rings is 1. The number of hydrogen-bond donors (Lipinski definition) is 1. The second kappa shape index (κ2) is 7.31. The van der Waals surface area contributed by atoms with E-state index >= 15 is 0 Å². The normalized spacial score (nSPS) is 10.8. The first-order chi connectivity index (χ1) is 9.74. The summed E-state index contributed by atoms with van der Waals surface area (Å²) in [7, 11) is 1.62. The number of halogens is 1. The third-order valence-corrected chi connectivity index (χ3v) is 3.16. The molecule has 0 spiro atoms. The van der Waals surface area contributed by atoms with Gasteiger partial charge in [0.15, 0.2) is 11.7 Å². The summed E-state index contributed by atoms with van der Waals surface area (Å²) >= 11 is 6.02. The van der Waals surface area contributed by atoms with E-state index in [1.54, 1.807) is 19.4 Å². The van der Waals surface area contributed by atoms with E-state index in [9.17, 15) is 0 Å². The largest absolute Gasteiger partial charge is 0.496 e. The third kappa shape index (κ3) is 3.74. The maximum Gasteiger partial charge on any atom is 0.196 e. The molecule has 0 saturated heterocycles. The van der Waals surface area contributed by atoms with Crippen molar-refractivity contribution in [3.05, 3.63) is 35.3 Å². The van der Waals surface area contributed by atoms with E-state index < -0.39 is 0 Å². The molecule has 108 valence electrons. The number of nitrogens with zero attached hydrogens (tertiary/aromatic N) is 1. The quantitative estimate of drug-likeness (QED) is 0.793. The highest BCUT2D eigenvalue weighted by atomic mass is 35.5. The third-order valence-electron chi connectivity index (χ3n) is 2.92. The van der Waals surface area contributed by atoms with Crippen LogP contribution in [0.5, 0.6) is 5.75 Å². The molecule has 1 aromatic heterocycles. The van der Waals surface area contributed by atoms with E-state index in [1.807, 2.05) is 12.1 Å². The number of nitrogens with one attached hydrogen (secondary N) is 1. The van der Waals surface area contributed by atoms with E-state index in [-0.39, 0.29) is 0 Å². The number of hydrogen-bond acceptors (Lipinski definition) is 4. The summed E-state index contributed by atoms with van der Waals surface area (Å²) in [6.07, 6.45) is 3.60. The number of methoxy groups -OCH3 is 1. The minimum absolute atomic E-state index is 0.642. The van der Waals surface area contributed by atoms with Gasteiger partial charge < -0.3 is 14.5 Å². The zero-order chi connectivity index (χ0) is 14.4. The van der Waals surface area contributed by atoms with E-state index in [4.69, 9.17) is 20.8 Å². The second-order valence-electron chi connectivity index (χ2n) is 4.46. The van der Waals surface area contributed by atoms with Crippen molar-refractivity contribution in [3.63, 3.8) is 0 Å². The van der Waals surface area contributed by atoms with Crippen LogP contribution >= 0.6 is 11.6 Å². The number of aromatic nitrogens is 1. The van der Waals surface area contributed by atoms with Gasteiger partial charge in [0.05, 0.1) is 18.9 Å². The molecule has 0 unspecified atom stereocenters. The zero-order valence-corrected chi connectivity index (χ0v) is 12.5. The predicted molar refractivity (Wildman–Crippen MR) is 80.4 cm³/mol. The van der Waals surface area contributed by atoms with Crippen molar-refractivity contribution in [2.75, 3.05) is 20.2 Å². The van der Waals surface area contributed by atoms with Gasteiger partial charge in [0.25, 0.3) is 0 Å². The summed E-state index contributed by atoms with van der Waals surface area (Å²) in [6, 6.07) is 5.43. The Morgan fingerprint density at radius 2 is 2.20 bits per heavy atom. The van der Waals surface area contributed by atoms with Crippen LogP contribution < -0.4 is 10.1 Å². The number of oxazole rings is 1. The monoisotopic (exact) mass is 294 g/mol. The van der Waals surface area contributed by atoms with Crippen LogP contribution in [0.3, 0.4) is 0 Å². The summed E-state index contributed by atoms with van der Waals surface area (Å²) < 4.78 is 11.1. The van der Waals surface area contributed by atoms with Crippen molar-refractivity contribution >= 4 is 11.6 Å². The van der Waals surface area contributed by atoms with Crippen LogP contribution in [-0.4, -0.2) is 25.2 Å². The Balaban J connectivity index is 2.10. The molecule has 2 aromatic rings. The first-order valence-corrected chi connectivity index (χ1v) is 7.11. The van der Waals surface area contributed by atoms with E-state index in [2.05, 4.69) is 17.2 Å². The first kappa shape index (κ1) is 14.9. The Kier molecular flexibility index (Phi) is 5.44. The molecule has 0 radical (unpaired) electrons. The molecule has 4 nitrogen and oxygen atoms in total. The summed E-state index contributed by atoms with van der Waals surface area (Å²) in [4.78, 5) is 4.29. The molecule has 1 aromatic carbocycles. The van der Waals surface area contributed by atoms with Crippen LogP contribution in [0.15, 0.2) is 28.8 Å². The number of rotatable bonds is 7. The maximum atomic E-state index is 6.02. The lowest BCUT2D eigenvalue weighted by Crippen LogP contribution is -2.17. The van der Waals surface area contributed by atoms with E-state index in [0.717, 1.165) is 37.2 Å². The van der Waals surface area contributed by atoms with Gasteiger partial charge in [-0.15, -0.1) is 0 Å². The Hall–Kier alpha value is -1.52. The molecule has 2 rings (SSSR count). The summed E-state index contributed by atoms with van der Waals surface area (Å²) in [5, 5.41) is 3.96. The van der Waals surface area contributed by atoms with Crippen LogP contribution in [0.2, 0.25) is 5.02 Å². The minimum Gasteiger partial charge on any atom is -0.496 e. The number of ether oxygens (including phenoxy) is 1. The van der Waals surface area contributed by atoms with Crippen LogP contribution in [0, 0.1) is 0 Å². The molecule has 1 heterocycles. The maximum absolute atomic E-state index is 6.02. The minimum atomic E-state index is 0.642. The molecule has 0 saturated carbocycles. The van der Waals surface area contributed by atoms with Gasteiger partial charge in [-0.1, -0.05) is 18.5 Å². The van der Waals surface area contributed by atoms with Gasteiger partial charge in [-0.05, 0) is 31.2 Å². The van der Waals surface area contributed by atoms with Crippen molar-refractivity contribution in [2.24, 2.45) is 0 Å². The standard InChI is InChI=1S/C15H19ClN2O2/c1-3-7-17-8-6-15-18-10-14(20-15)12-9-11(16)4-5-13(12)19-2/h4-5,9-10,17H,3,6-8H2,1-2H3. The van der Waals surface area contributed by atoms with Gasteiger partial charge in [0.2, 0.25) is 0 Å². The average Bonchev–Trinajstić information content (AvgIpc) is 2.92. The van der Waals surface area contributed by atoms with Crippen molar-refractivity contribution in [2.45, 2.75) is 19.8 Å². The van der Waals surface area contributed by atoms with E-state index in [1.165, 1.54) is 0 Å². The smallest absolute Gasteiger partial charge is 0.196 e. The van der Waals surface area contributed by atoms with Crippen LogP contribution in [0.25, 0.3) is 11.3 Å². The highest BCUT2D eigenvalue weighted by molar-refractivity contribution is 6.30. The fraction of sp³-hybridized carbons (Fsp3) is 0.400. The molecule has 0 aliphatic rings. The van der Waals surface area contributed by atoms with Crippen LogP contribution in [-0.2, 0) is 6.42 Å². The van der Waals surface area contributed by atoms with Crippen molar-refractivity contribution in [3.8, 4) is 17.1 Å². The molecule has 0 bridgehead atoms.